The largest absolute Gasteiger partial charge is 0.416 e. The molecule has 1 atom stereocenters. The summed E-state index contributed by atoms with van der Waals surface area (Å²) in [4.78, 5) is 13.2. The number of carbonyl (C=O) groups is 1. The van der Waals surface area contributed by atoms with Crippen LogP contribution in [-0.2, 0) is 11.0 Å². The third-order valence-electron chi connectivity index (χ3n) is 3.34. The summed E-state index contributed by atoms with van der Waals surface area (Å²) >= 11 is 0. The number of nitrogens with zero attached hydrogens (tertiary/aromatic N) is 1. The minimum absolute atomic E-state index is 0.0509. The minimum Gasteiger partial charge on any atom is -0.354 e. The fourth-order valence-electron chi connectivity index (χ4n) is 2.15. The molecule has 1 aromatic carbocycles. The zero-order valence-corrected chi connectivity index (χ0v) is 10.5. The molecule has 2 rings (SSSR count). The molecule has 3 nitrogen and oxygen atoms in total. The topological polar surface area (TPSA) is 32.3 Å². The Kier molecular flexibility index (Phi) is 3.80. The second-order valence-electron chi connectivity index (χ2n) is 4.62. The van der Waals surface area contributed by atoms with Crippen LogP contribution in [0.25, 0.3) is 0 Å². The Morgan fingerprint density at radius 2 is 1.89 bits per heavy atom. The van der Waals surface area contributed by atoms with Gasteiger partial charge in [-0.25, -0.2) is 0 Å². The predicted molar refractivity (Wildman–Crippen MR) is 64.4 cm³/mol. The summed E-state index contributed by atoms with van der Waals surface area (Å²) in [5.74, 6) is -0.0509. The van der Waals surface area contributed by atoms with Gasteiger partial charge in [0.1, 0.15) is 0 Å². The number of piperazine rings is 1. The van der Waals surface area contributed by atoms with Crippen LogP contribution < -0.4 is 5.32 Å². The number of alkyl halides is 3. The predicted octanol–water partition coefficient (Wildman–Crippen LogP) is 2.20. The summed E-state index contributed by atoms with van der Waals surface area (Å²) in [6.45, 7) is 3.45. The van der Waals surface area contributed by atoms with E-state index >= 15 is 0 Å². The van der Waals surface area contributed by atoms with E-state index in [1.165, 1.54) is 12.1 Å². The number of rotatable bonds is 2. The van der Waals surface area contributed by atoms with E-state index in [4.69, 9.17) is 0 Å². The van der Waals surface area contributed by atoms with Crippen LogP contribution in [0.2, 0.25) is 0 Å². The first kappa shape index (κ1) is 13.9. The van der Waals surface area contributed by atoms with E-state index < -0.39 is 11.7 Å². The molecule has 0 spiro atoms. The Labute approximate surface area is 109 Å². The molecule has 0 saturated carbocycles. The first-order valence-electron chi connectivity index (χ1n) is 6.06. The molecule has 1 unspecified atom stereocenters. The summed E-state index contributed by atoms with van der Waals surface area (Å²) in [5, 5.41) is 2.72. The quantitative estimate of drug-likeness (QED) is 0.895. The Bertz CT molecular complexity index is 456. The Morgan fingerprint density at radius 1 is 1.26 bits per heavy atom. The molecule has 1 aliphatic rings. The summed E-state index contributed by atoms with van der Waals surface area (Å²) in [6.07, 6.45) is -4.31. The van der Waals surface area contributed by atoms with Gasteiger partial charge in [0.25, 0.3) is 0 Å². The van der Waals surface area contributed by atoms with E-state index in [0.29, 0.717) is 13.1 Å². The molecule has 1 aliphatic heterocycles. The van der Waals surface area contributed by atoms with Crippen LogP contribution in [0.1, 0.15) is 24.1 Å². The van der Waals surface area contributed by atoms with Crippen LogP contribution in [-0.4, -0.2) is 30.4 Å². The number of hydrogen-bond donors (Lipinski definition) is 1. The standard InChI is InChI=1S/C13H15F3N2O/c1-9(18-7-6-17-12(19)8-18)10-2-4-11(5-3-10)13(14,15)16/h2-5,9H,6-8H2,1H3,(H,17,19). The van der Waals surface area contributed by atoms with Crippen molar-refractivity contribution in [2.45, 2.75) is 19.1 Å². The zero-order valence-electron chi connectivity index (χ0n) is 10.5. The van der Waals surface area contributed by atoms with Crippen LogP contribution in [0.4, 0.5) is 13.2 Å². The Morgan fingerprint density at radius 3 is 2.42 bits per heavy atom. The van der Waals surface area contributed by atoms with Gasteiger partial charge in [0, 0.05) is 19.1 Å². The van der Waals surface area contributed by atoms with Gasteiger partial charge in [0.2, 0.25) is 5.91 Å². The van der Waals surface area contributed by atoms with Crippen molar-refractivity contribution in [1.29, 1.82) is 0 Å². The van der Waals surface area contributed by atoms with Gasteiger partial charge in [-0.1, -0.05) is 12.1 Å². The minimum atomic E-state index is -4.31. The molecule has 1 fully saturated rings. The van der Waals surface area contributed by atoms with E-state index in [9.17, 15) is 18.0 Å². The maximum absolute atomic E-state index is 12.5. The van der Waals surface area contributed by atoms with Gasteiger partial charge in [-0.15, -0.1) is 0 Å². The van der Waals surface area contributed by atoms with Crippen molar-refractivity contribution in [1.82, 2.24) is 10.2 Å². The molecular formula is C13H15F3N2O. The highest BCUT2D eigenvalue weighted by atomic mass is 19.4. The van der Waals surface area contributed by atoms with Gasteiger partial charge in [0.05, 0.1) is 12.1 Å². The third kappa shape index (κ3) is 3.26. The molecule has 6 heteroatoms. The summed E-state index contributed by atoms with van der Waals surface area (Å²) in [5.41, 5.74) is 0.127. The lowest BCUT2D eigenvalue weighted by atomic mass is 10.0. The van der Waals surface area contributed by atoms with Crippen molar-refractivity contribution in [3.8, 4) is 0 Å². The van der Waals surface area contributed by atoms with Gasteiger partial charge in [-0.2, -0.15) is 13.2 Å². The second-order valence-corrected chi connectivity index (χ2v) is 4.62. The molecule has 0 bridgehead atoms. The van der Waals surface area contributed by atoms with Crippen LogP contribution in [0.3, 0.4) is 0 Å². The molecule has 1 saturated heterocycles. The average Bonchev–Trinajstić information content (AvgIpc) is 2.37. The number of nitrogens with one attached hydrogen (secondary N) is 1. The average molecular weight is 272 g/mol. The molecule has 1 N–H and O–H groups in total. The van der Waals surface area contributed by atoms with Crippen molar-refractivity contribution in [2.24, 2.45) is 0 Å². The summed E-state index contributed by atoms with van der Waals surface area (Å²) in [6, 6.07) is 5.03. The number of benzene rings is 1. The third-order valence-corrected chi connectivity index (χ3v) is 3.34. The van der Waals surface area contributed by atoms with Crippen molar-refractivity contribution < 1.29 is 18.0 Å². The molecule has 1 aromatic rings. The van der Waals surface area contributed by atoms with Gasteiger partial charge >= 0.3 is 6.18 Å². The van der Waals surface area contributed by atoms with E-state index in [-0.39, 0.29) is 18.5 Å². The van der Waals surface area contributed by atoms with E-state index in [2.05, 4.69) is 5.32 Å². The van der Waals surface area contributed by atoms with Crippen molar-refractivity contribution in [3.05, 3.63) is 35.4 Å². The Hall–Kier alpha value is -1.56. The monoisotopic (exact) mass is 272 g/mol. The van der Waals surface area contributed by atoms with E-state index in [1.807, 2.05) is 11.8 Å². The fraction of sp³-hybridized carbons (Fsp3) is 0.462. The molecule has 0 aromatic heterocycles. The van der Waals surface area contributed by atoms with Crippen LogP contribution >= 0.6 is 0 Å². The molecule has 1 amide bonds. The summed E-state index contributed by atoms with van der Waals surface area (Å²) < 4.78 is 37.4. The lowest BCUT2D eigenvalue weighted by Crippen LogP contribution is -2.48. The van der Waals surface area contributed by atoms with Crippen molar-refractivity contribution >= 4 is 5.91 Å². The molecule has 104 valence electrons. The molecule has 0 aliphatic carbocycles. The smallest absolute Gasteiger partial charge is 0.354 e. The van der Waals surface area contributed by atoms with Crippen LogP contribution in [0.15, 0.2) is 24.3 Å². The molecule has 0 radical (unpaired) electrons. The Balaban J connectivity index is 2.11. The second kappa shape index (κ2) is 5.21. The highest BCUT2D eigenvalue weighted by molar-refractivity contribution is 5.78. The maximum Gasteiger partial charge on any atom is 0.416 e. The van der Waals surface area contributed by atoms with Crippen molar-refractivity contribution in [3.63, 3.8) is 0 Å². The molecule has 19 heavy (non-hydrogen) atoms. The first-order valence-corrected chi connectivity index (χ1v) is 6.06. The van der Waals surface area contributed by atoms with Crippen LogP contribution in [0.5, 0.6) is 0 Å². The number of amides is 1. The van der Waals surface area contributed by atoms with Gasteiger partial charge in [-0.3, -0.25) is 9.69 Å². The maximum atomic E-state index is 12.5. The highest BCUT2D eigenvalue weighted by Gasteiger charge is 2.30. The lowest BCUT2D eigenvalue weighted by molar-refractivity contribution is -0.137. The molecule has 1 heterocycles. The SMILES string of the molecule is CC(c1ccc(C(F)(F)F)cc1)N1CCNC(=O)C1. The van der Waals surface area contributed by atoms with Gasteiger partial charge in [0.15, 0.2) is 0 Å². The van der Waals surface area contributed by atoms with Crippen LogP contribution in [0, 0.1) is 0 Å². The summed E-state index contributed by atoms with van der Waals surface area (Å²) in [7, 11) is 0. The van der Waals surface area contributed by atoms with Gasteiger partial charge in [-0.05, 0) is 24.6 Å². The highest BCUT2D eigenvalue weighted by Crippen LogP contribution is 2.30. The van der Waals surface area contributed by atoms with Gasteiger partial charge < -0.3 is 5.32 Å². The molecular weight excluding hydrogens is 257 g/mol. The number of carbonyl (C=O) groups excluding carboxylic acids is 1. The van der Waals surface area contributed by atoms with E-state index in [0.717, 1.165) is 17.7 Å². The number of halogens is 3. The van der Waals surface area contributed by atoms with Crippen molar-refractivity contribution in [2.75, 3.05) is 19.6 Å². The fourth-order valence-corrected chi connectivity index (χ4v) is 2.15. The zero-order chi connectivity index (χ0) is 14.0. The normalized spacial score (nSPS) is 19.1. The lowest BCUT2D eigenvalue weighted by Gasteiger charge is -2.32. The van der Waals surface area contributed by atoms with E-state index in [1.54, 1.807) is 0 Å². The number of hydrogen-bond acceptors (Lipinski definition) is 2. The first-order chi connectivity index (χ1) is 8.88.